The van der Waals surface area contributed by atoms with Crippen LogP contribution in [0.4, 0.5) is 0 Å². The van der Waals surface area contributed by atoms with E-state index in [9.17, 15) is 4.79 Å². The van der Waals surface area contributed by atoms with Crippen LogP contribution in [0, 0.1) is 0 Å². The molecule has 25 heavy (non-hydrogen) atoms. The average molecular weight is 346 g/mol. The molecule has 3 rings (SSSR count). The van der Waals surface area contributed by atoms with E-state index in [2.05, 4.69) is 19.0 Å². The zero-order chi connectivity index (χ0) is 18.0. The number of carbonyl (C=O) groups excluding carboxylic acids is 1. The highest BCUT2D eigenvalue weighted by Crippen LogP contribution is 2.30. The van der Waals surface area contributed by atoms with Crippen LogP contribution in [0.15, 0.2) is 23.4 Å². The van der Waals surface area contributed by atoms with Crippen LogP contribution < -0.4 is 9.47 Å². The van der Waals surface area contributed by atoms with E-state index in [1.807, 2.05) is 23.1 Å². The summed E-state index contributed by atoms with van der Waals surface area (Å²) in [5.74, 6) is 1.43. The first-order valence-corrected chi connectivity index (χ1v) is 8.82. The van der Waals surface area contributed by atoms with Gasteiger partial charge in [-0.2, -0.15) is 0 Å². The topological polar surface area (TPSA) is 60.4 Å². The zero-order valence-electron chi connectivity index (χ0n) is 15.3. The van der Waals surface area contributed by atoms with Crippen LogP contribution in [0.25, 0.3) is 0 Å². The van der Waals surface area contributed by atoms with Gasteiger partial charge in [0.2, 0.25) is 6.10 Å². The number of carbonyl (C=O) groups is 1. The maximum absolute atomic E-state index is 12.9. The largest absolute Gasteiger partial charge is 0.497 e. The number of rotatable bonds is 4. The highest BCUT2D eigenvalue weighted by Gasteiger charge is 2.38. The minimum absolute atomic E-state index is 0.0281. The smallest absolute Gasteiger partial charge is 0.267 e. The van der Waals surface area contributed by atoms with Crippen molar-refractivity contribution in [2.75, 3.05) is 14.2 Å². The first kappa shape index (κ1) is 17.6. The molecule has 0 spiro atoms. The summed E-state index contributed by atoms with van der Waals surface area (Å²) in [5.41, 5.74) is 1.52. The lowest BCUT2D eigenvalue weighted by molar-refractivity contribution is -0.148. The van der Waals surface area contributed by atoms with Crippen LogP contribution in [-0.2, 0) is 9.63 Å². The van der Waals surface area contributed by atoms with Gasteiger partial charge in [-0.1, -0.05) is 5.16 Å². The highest BCUT2D eigenvalue weighted by atomic mass is 16.6. The minimum atomic E-state index is -0.561. The van der Waals surface area contributed by atoms with Gasteiger partial charge >= 0.3 is 0 Å². The molecule has 3 unspecified atom stereocenters. The van der Waals surface area contributed by atoms with Crippen molar-refractivity contribution in [3.05, 3.63) is 23.8 Å². The van der Waals surface area contributed by atoms with E-state index in [1.54, 1.807) is 14.2 Å². The van der Waals surface area contributed by atoms with Crippen LogP contribution in [0.3, 0.4) is 0 Å². The summed E-state index contributed by atoms with van der Waals surface area (Å²) in [6.45, 7) is 4.21. The number of ether oxygens (including phenoxy) is 2. The summed E-state index contributed by atoms with van der Waals surface area (Å²) in [5, 5.41) is 4.17. The molecule has 2 aliphatic heterocycles. The summed E-state index contributed by atoms with van der Waals surface area (Å²) in [6.07, 6.45) is 3.13. The number of likely N-dealkylation sites (tertiary alicyclic amines) is 1. The van der Waals surface area contributed by atoms with Crippen molar-refractivity contribution < 1.29 is 19.1 Å². The van der Waals surface area contributed by atoms with Gasteiger partial charge in [0.15, 0.2) is 0 Å². The SMILES string of the molecule is COc1ccc(OC)c(C2=NOC(C(=O)N3C(C)CCCC3C)C2)c1. The van der Waals surface area contributed by atoms with Crippen LogP contribution in [0.2, 0.25) is 0 Å². The monoisotopic (exact) mass is 346 g/mol. The van der Waals surface area contributed by atoms with Gasteiger partial charge in [0.25, 0.3) is 5.91 Å². The number of hydrogen-bond acceptors (Lipinski definition) is 5. The van der Waals surface area contributed by atoms with E-state index in [4.69, 9.17) is 14.3 Å². The van der Waals surface area contributed by atoms with Gasteiger partial charge in [0.1, 0.15) is 11.5 Å². The maximum Gasteiger partial charge on any atom is 0.267 e. The fraction of sp³-hybridized carbons (Fsp3) is 0.579. The third-order valence-corrected chi connectivity index (χ3v) is 5.11. The standard InChI is InChI=1S/C19H26N2O4/c1-12-6-5-7-13(2)21(12)19(22)18-11-16(20-25-18)15-10-14(23-3)8-9-17(15)24-4/h8-10,12-13,18H,5-7,11H2,1-4H3. The highest BCUT2D eigenvalue weighted by molar-refractivity contribution is 6.06. The molecule has 0 radical (unpaired) electrons. The van der Waals surface area contributed by atoms with Gasteiger partial charge < -0.3 is 19.2 Å². The molecule has 2 heterocycles. The molecule has 0 aromatic heterocycles. The Hall–Kier alpha value is -2.24. The molecule has 1 aromatic carbocycles. The van der Waals surface area contributed by atoms with E-state index in [0.29, 0.717) is 23.6 Å². The quantitative estimate of drug-likeness (QED) is 0.841. The molecule has 0 bridgehead atoms. The molecule has 3 atom stereocenters. The van der Waals surface area contributed by atoms with Gasteiger partial charge in [0, 0.05) is 24.1 Å². The van der Waals surface area contributed by atoms with Crippen molar-refractivity contribution in [2.24, 2.45) is 5.16 Å². The lowest BCUT2D eigenvalue weighted by Gasteiger charge is -2.39. The van der Waals surface area contributed by atoms with Crippen LogP contribution >= 0.6 is 0 Å². The fourth-order valence-corrected chi connectivity index (χ4v) is 3.73. The van der Waals surface area contributed by atoms with Crippen LogP contribution in [0.5, 0.6) is 11.5 Å². The van der Waals surface area contributed by atoms with E-state index in [0.717, 1.165) is 18.4 Å². The Labute approximate surface area is 148 Å². The molecule has 2 aliphatic rings. The molecule has 1 amide bonds. The Morgan fingerprint density at radius 1 is 1.20 bits per heavy atom. The number of amides is 1. The third-order valence-electron chi connectivity index (χ3n) is 5.11. The summed E-state index contributed by atoms with van der Waals surface area (Å²) in [7, 11) is 3.23. The van der Waals surface area contributed by atoms with Crippen molar-refractivity contribution >= 4 is 11.6 Å². The van der Waals surface area contributed by atoms with Gasteiger partial charge in [0.05, 0.1) is 19.9 Å². The van der Waals surface area contributed by atoms with Crippen molar-refractivity contribution in [1.82, 2.24) is 4.90 Å². The van der Waals surface area contributed by atoms with Crippen LogP contribution in [0.1, 0.15) is 45.1 Å². The van der Waals surface area contributed by atoms with Crippen molar-refractivity contribution in [1.29, 1.82) is 0 Å². The van der Waals surface area contributed by atoms with E-state index < -0.39 is 6.10 Å². The second kappa shape index (κ2) is 7.33. The molecule has 1 saturated heterocycles. The number of piperidine rings is 1. The fourth-order valence-electron chi connectivity index (χ4n) is 3.73. The predicted molar refractivity (Wildman–Crippen MR) is 95.2 cm³/mol. The molecule has 1 fully saturated rings. The maximum atomic E-state index is 12.9. The van der Waals surface area contributed by atoms with Gasteiger partial charge in [-0.25, -0.2) is 0 Å². The van der Waals surface area contributed by atoms with E-state index >= 15 is 0 Å². The second-order valence-corrected chi connectivity index (χ2v) is 6.78. The Balaban J connectivity index is 1.76. The van der Waals surface area contributed by atoms with Crippen LogP contribution in [-0.4, -0.2) is 48.9 Å². The summed E-state index contributed by atoms with van der Waals surface area (Å²) >= 11 is 0. The first-order chi connectivity index (χ1) is 12.0. The Morgan fingerprint density at radius 2 is 1.92 bits per heavy atom. The minimum Gasteiger partial charge on any atom is -0.497 e. The van der Waals surface area contributed by atoms with E-state index in [1.165, 1.54) is 6.42 Å². The second-order valence-electron chi connectivity index (χ2n) is 6.78. The molecule has 136 valence electrons. The lowest BCUT2D eigenvalue weighted by Crippen LogP contribution is -2.51. The van der Waals surface area contributed by atoms with Gasteiger partial charge in [-0.15, -0.1) is 0 Å². The molecular weight excluding hydrogens is 320 g/mol. The number of methoxy groups -OCH3 is 2. The molecule has 0 N–H and O–H groups in total. The molecule has 6 nitrogen and oxygen atoms in total. The number of benzene rings is 1. The third kappa shape index (κ3) is 3.43. The zero-order valence-corrected chi connectivity index (χ0v) is 15.3. The van der Waals surface area contributed by atoms with Gasteiger partial charge in [-0.3, -0.25) is 4.79 Å². The number of oxime groups is 1. The van der Waals surface area contributed by atoms with Gasteiger partial charge in [-0.05, 0) is 51.3 Å². The molecule has 6 heteroatoms. The van der Waals surface area contributed by atoms with Crippen molar-refractivity contribution in [2.45, 2.75) is 57.7 Å². The normalized spacial score (nSPS) is 26.0. The predicted octanol–water partition coefficient (Wildman–Crippen LogP) is 2.99. The molecule has 1 aromatic rings. The summed E-state index contributed by atoms with van der Waals surface area (Å²) in [6, 6.07) is 6.02. The first-order valence-electron chi connectivity index (χ1n) is 8.82. The Kier molecular flexibility index (Phi) is 5.16. The number of hydrogen-bond donors (Lipinski definition) is 0. The summed E-state index contributed by atoms with van der Waals surface area (Å²) in [4.78, 5) is 20.4. The lowest BCUT2D eigenvalue weighted by atomic mass is 9.95. The molecular formula is C19H26N2O4. The van der Waals surface area contributed by atoms with E-state index in [-0.39, 0.29) is 18.0 Å². The summed E-state index contributed by atoms with van der Waals surface area (Å²) < 4.78 is 10.7. The molecule has 0 aliphatic carbocycles. The Bertz CT molecular complexity index is 663. The van der Waals surface area contributed by atoms with Crippen molar-refractivity contribution in [3.63, 3.8) is 0 Å². The number of nitrogens with zero attached hydrogens (tertiary/aromatic N) is 2. The Morgan fingerprint density at radius 3 is 2.56 bits per heavy atom. The molecule has 0 saturated carbocycles. The average Bonchev–Trinajstić information content (AvgIpc) is 3.10. The van der Waals surface area contributed by atoms with Crippen molar-refractivity contribution in [3.8, 4) is 11.5 Å².